The van der Waals surface area contributed by atoms with Crippen molar-refractivity contribution in [3.8, 4) is 0 Å². The van der Waals surface area contributed by atoms with Gasteiger partial charge in [0, 0.05) is 13.1 Å². The van der Waals surface area contributed by atoms with Gasteiger partial charge in [0.15, 0.2) is 9.84 Å². The third-order valence-corrected chi connectivity index (χ3v) is 8.49. The van der Waals surface area contributed by atoms with Crippen molar-refractivity contribution in [3.63, 3.8) is 0 Å². The fourth-order valence-corrected chi connectivity index (χ4v) is 6.83. The third kappa shape index (κ3) is 5.57. The van der Waals surface area contributed by atoms with Gasteiger partial charge in [0.2, 0.25) is 5.91 Å². The van der Waals surface area contributed by atoms with Gasteiger partial charge in [-0.2, -0.15) is 0 Å². The maximum absolute atomic E-state index is 13.1. The molecule has 0 aromatic carbocycles. The van der Waals surface area contributed by atoms with Gasteiger partial charge in [-0.15, -0.1) is 12.4 Å². The van der Waals surface area contributed by atoms with Crippen molar-refractivity contribution in [3.05, 3.63) is 0 Å². The first kappa shape index (κ1) is 22.7. The predicted molar refractivity (Wildman–Crippen MR) is 105 cm³/mol. The molecular weight excluding hydrogens is 360 g/mol. The third-order valence-electron chi connectivity index (χ3n) is 5.64. The van der Waals surface area contributed by atoms with Gasteiger partial charge in [-0.05, 0) is 51.1 Å². The van der Waals surface area contributed by atoms with E-state index < -0.39 is 15.1 Å². The lowest BCUT2D eigenvalue weighted by atomic mass is 9.96. The number of piperidine rings is 1. The molecule has 148 valence electrons. The molecule has 1 aliphatic heterocycles. The summed E-state index contributed by atoms with van der Waals surface area (Å²) in [6.07, 6.45) is 6.43. The first-order chi connectivity index (χ1) is 11.4. The Labute approximate surface area is 159 Å². The molecule has 1 aliphatic carbocycles. The normalized spacial score (nSPS) is 21.8. The number of rotatable bonds is 6. The van der Waals surface area contributed by atoms with Crippen LogP contribution >= 0.6 is 12.4 Å². The molecule has 0 radical (unpaired) electrons. The van der Waals surface area contributed by atoms with Crippen LogP contribution in [0.4, 0.5) is 0 Å². The zero-order chi connectivity index (χ0) is 17.7. The Kier molecular flexibility index (Phi) is 9.19. The van der Waals surface area contributed by atoms with Gasteiger partial charge in [0.25, 0.3) is 0 Å². The summed E-state index contributed by atoms with van der Waals surface area (Å²) in [4.78, 5) is 14.8. The second kappa shape index (κ2) is 10.1. The second-order valence-corrected chi connectivity index (χ2v) is 10.2. The Morgan fingerprint density at radius 1 is 1.08 bits per heavy atom. The molecule has 0 bridgehead atoms. The molecule has 1 atom stereocenters. The Hall–Kier alpha value is -0.330. The van der Waals surface area contributed by atoms with Gasteiger partial charge in [-0.3, -0.25) is 4.79 Å². The van der Waals surface area contributed by atoms with Gasteiger partial charge in [0.1, 0.15) is 5.25 Å². The first-order valence-electron chi connectivity index (χ1n) is 9.54. The molecule has 5 nitrogen and oxygen atoms in total. The van der Waals surface area contributed by atoms with Crippen molar-refractivity contribution < 1.29 is 13.2 Å². The number of carbonyl (C=O) groups excluding carboxylic acids is 1. The average Bonchev–Trinajstić information content (AvgIpc) is 2.56. The van der Waals surface area contributed by atoms with E-state index in [1.165, 1.54) is 0 Å². The monoisotopic (exact) mass is 394 g/mol. The molecule has 1 saturated heterocycles. The number of halogens is 1. The zero-order valence-corrected chi connectivity index (χ0v) is 17.5. The Morgan fingerprint density at radius 3 is 2.12 bits per heavy atom. The van der Waals surface area contributed by atoms with E-state index in [4.69, 9.17) is 0 Å². The molecule has 0 spiro atoms. The maximum Gasteiger partial charge on any atom is 0.241 e. The lowest BCUT2D eigenvalue weighted by molar-refractivity contribution is -0.132. The number of nitrogens with one attached hydrogen (secondary N) is 1. The van der Waals surface area contributed by atoms with Gasteiger partial charge in [-0.25, -0.2) is 8.42 Å². The second-order valence-electron chi connectivity index (χ2n) is 7.84. The molecule has 1 unspecified atom stereocenters. The summed E-state index contributed by atoms with van der Waals surface area (Å²) in [6.45, 7) is 6.09. The van der Waals surface area contributed by atoms with Crippen LogP contribution in [0.25, 0.3) is 0 Å². The molecule has 1 heterocycles. The largest absolute Gasteiger partial charge is 0.342 e. The number of hydrogen-bond donors (Lipinski definition) is 1. The van der Waals surface area contributed by atoms with E-state index >= 15 is 0 Å². The van der Waals surface area contributed by atoms with Gasteiger partial charge >= 0.3 is 0 Å². The Balaban J connectivity index is 0.00000312. The van der Waals surface area contributed by atoms with E-state index in [2.05, 4.69) is 5.32 Å². The van der Waals surface area contributed by atoms with E-state index in [-0.39, 0.29) is 29.5 Å². The van der Waals surface area contributed by atoms with Crippen LogP contribution in [-0.4, -0.2) is 56.4 Å². The van der Waals surface area contributed by atoms with Crippen molar-refractivity contribution in [2.24, 2.45) is 11.8 Å². The highest BCUT2D eigenvalue weighted by atomic mass is 35.5. The van der Waals surface area contributed by atoms with E-state index in [1.54, 1.807) is 4.90 Å². The SMILES string of the molecule is CNCC1CCN(C(=O)C(C(C)C)S(=O)(=O)C2CCCCC2)CC1.Cl. The highest BCUT2D eigenvalue weighted by molar-refractivity contribution is 7.93. The summed E-state index contributed by atoms with van der Waals surface area (Å²) in [6, 6.07) is 0. The molecular formula is C18H35ClN2O3S. The molecule has 2 fully saturated rings. The quantitative estimate of drug-likeness (QED) is 0.752. The van der Waals surface area contributed by atoms with Crippen molar-refractivity contribution in [2.75, 3.05) is 26.7 Å². The summed E-state index contributed by atoms with van der Waals surface area (Å²) in [5.74, 6) is 0.268. The average molecular weight is 395 g/mol. The number of carbonyl (C=O) groups is 1. The smallest absolute Gasteiger partial charge is 0.241 e. The van der Waals surface area contributed by atoms with Crippen LogP contribution in [0.3, 0.4) is 0 Å². The van der Waals surface area contributed by atoms with Gasteiger partial charge in [0.05, 0.1) is 5.25 Å². The van der Waals surface area contributed by atoms with Crippen LogP contribution in [0.1, 0.15) is 58.8 Å². The lowest BCUT2D eigenvalue weighted by Crippen LogP contribution is -2.51. The van der Waals surface area contributed by atoms with Crippen LogP contribution in [-0.2, 0) is 14.6 Å². The molecule has 2 rings (SSSR count). The standard InChI is InChI=1S/C18H34N2O3S.ClH/c1-14(2)17(24(22,23)16-7-5-4-6-8-16)18(21)20-11-9-15(10-12-20)13-19-3;/h14-17,19H,4-13H2,1-3H3;1H. The fraction of sp³-hybridized carbons (Fsp3) is 0.944. The van der Waals surface area contributed by atoms with Crippen LogP contribution in [0, 0.1) is 11.8 Å². The lowest BCUT2D eigenvalue weighted by Gasteiger charge is -2.36. The predicted octanol–water partition coefficient (Wildman–Crippen LogP) is 2.64. The topological polar surface area (TPSA) is 66.5 Å². The Morgan fingerprint density at radius 2 is 1.64 bits per heavy atom. The molecule has 0 aromatic rings. The molecule has 1 N–H and O–H groups in total. The van der Waals surface area contributed by atoms with Gasteiger partial charge < -0.3 is 10.2 Å². The van der Waals surface area contributed by atoms with Crippen molar-refractivity contribution in [2.45, 2.75) is 69.3 Å². The van der Waals surface area contributed by atoms with E-state index in [0.29, 0.717) is 19.0 Å². The van der Waals surface area contributed by atoms with Crippen molar-refractivity contribution in [1.82, 2.24) is 10.2 Å². The van der Waals surface area contributed by atoms with Crippen LogP contribution in [0.5, 0.6) is 0 Å². The van der Waals surface area contributed by atoms with Crippen molar-refractivity contribution >= 4 is 28.2 Å². The van der Waals surface area contributed by atoms with E-state index in [9.17, 15) is 13.2 Å². The van der Waals surface area contributed by atoms with E-state index in [1.807, 2.05) is 20.9 Å². The summed E-state index contributed by atoms with van der Waals surface area (Å²) in [7, 11) is -1.45. The highest BCUT2D eigenvalue weighted by Crippen LogP contribution is 2.30. The van der Waals surface area contributed by atoms with Crippen LogP contribution in [0.15, 0.2) is 0 Å². The number of nitrogens with zero attached hydrogens (tertiary/aromatic N) is 1. The Bertz CT molecular complexity index is 510. The molecule has 0 aromatic heterocycles. The number of sulfone groups is 1. The summed E-state index contributed by atoms with van der Waals surface area (Å²) >= 11 is 0. The molecule has 25 heavy (non-hydrogen) atoms. The molecule has 7 heteroatoms. The molecule has 2 aliphatic rings. The highest BCUT2D eigenvalue weighted by Gasteiger charge is 2.43. The van der Waals surface area contributed by atoms with Crippen molar-refractivity contribution in [1.29, 1.82) is 0 Å². The first-order valence-corrected chi connectivity index (χ1v) is 11.1. The number of likely N-dealkylation sites (tertiary alicyclic amines) is 1. The minimum absolute atomic E-state index is 0. The minimum Gasteiger partial charge on any atom is -0.342 e. The van der Waals surface area contributed by atoms with Gasteiger partial charge in [-0.1, -0.05) is 33.1 Å². The summed E-state index contributed by atoms with van der Waals surface area (Å²) in [5.41, 5.74) is 0. The van der Waals surface area contributed by atoms with E-state index in [0.717, 1.165) is 51.5 Å². The maximum atomic E-state index is 13.1. The fourth-order valence-electron chi connectivity index (χ4n) is 4.23. The summed E-state index contributed by atoms with van der Waals surface area (Å²) in [5, 5.41) is 2.02. The molecule has 1 amide bonds. The number of amides is 1. The zero-order valence-electron chi connectivity index (χ0n) is 15.9. The van der Waals surface area contributed by atoms with Crippen LogP contribution in [0.2, 0.25) is 0 Å². The molecule has 1 saturated carbocycles. The number of hydrogen-bond acceptors (Lipinski definition) is 4. The van der Waals surface area contributed by atoms with Crippen LogP contribution < -0.4 is 5.32 Å². The minimum atomic E-state index is -3.40. The summed E-state index contributed by atoms with van der Waals surface area (Å²) < 4.78 is 26.2.